The zero-order valence-electron chi connectivity index (χ0n) is 6.15. The number of hydrogen-bond acceptors (Lipinski definition) is 3. The van der Waals surface area contributed by atoms with Crippen molar-refractivity contribution in [1.82, 2.24) is 0 Å². The van der Waals surface area contributed by atoms with E-state index in [2.05, 4.69) is 6.92 Å². The number of nitrogens with zero attached hydrogens (tertiary/aromatic N) is 2. The van der Waals surface area contributed by atoms with Gasteiger partial charge in [0.25, 0.3) is 5.69 Å². The molecule has 0 aliphatic carbocycles. The Morgan fingerprint density at radius 3 is 2.75 bits per heavy atom. The van der Waals surface area contributed by atoms with E-state index in [4.69, 9.17) is 5.26 Å². The minimum absolute atomic E-state index is 0.0624. The summed E-state index contributed by atoms with van der Waals surface area (Å²) in [6.45, 7) is 3.53. The SMILES string of the molecule is [CH2]c1ccc(C#N)c([N+](=O)[O-])c1. The topological polar surface area (TPSA) is 66.9 Å². The smallest absolute Gasteiger partial charge is 0.258 e. The standard InChI is InChI=1S/C8H5N2O2/c1-6-2-3-7(5-9)8(4-6)10(11)12/h2-4H,1H2. The molecule has 0 amide bonds. The minimum Gasteiger partial charge on any atom is -0.258 e. The molecule has 0 aliphatic rings. The Labute approximate surface area is 69.2 Å². The van der Waals surface area contributed by atoms with E-state index in [0.717, 1.165) is 0 Å². The lowest BCUT2D eigenvalue weighted by Crippen LogP contribution is -1.92. The van der Waals surface area contributed by atoms with Crippen LogP contribution >= 0.6 is 0 Å². The van der Waals surface area contributed by atoms with Gasteiger partial charge in [0.15, 0.2) is 0 Å². The van der Waals surface area contributed by atoms with Gasteiger partial charge >= 0.3 is 0 Å². The van der Waals surface area contributed by atoms with Crippen molar-refractivity contribution < 1.29 is 4.92 Å². The second-order valence-corrected chi connectivity index (χ2v) is 2.22. The van der Waals surface area contributed by atoms with Gasteiger partial charge in [0, 0.05) is 6.07 Å². The van der Waals surface area contributed by atoms with Gasteiger partial charge in [-0.25, -0.2) is 0 Å². The quantitative estimate of drug-likeness (QED) is 0.464. The maximum atomic E-state index is 10.4. The zero-order chi connectivity index (χ0) is 9.14. The molecule has 0 fully saturated rings. The first-order valence-electron chi connectivity index (χ1n) is 3.15. The molecule has 12 heavy (non-hydrogen) atoms. The Balaban J connectivity index is 3.34. The number of nitriles is 1. The molecule has 0 unspecified atom stereocenters. The van der Waals surface area contributed by atoms with Crippen LogP contribution in [-0.2, 0) is 0 Å². The van der Waals surface area contributed by atoms with Crippen LogP contribution in [0.4, 0.5) is 5.69 Å². The lowest BCUT2D eigenvalue weighted by Gasteiger charge is -1.94. The average Bonchev–Trinajstić information content (AvgIpc) is 2.04. The van der Waals surface area contributed by atoms with Gasteiger partial charge in [-0.2, -0.15) is 5.26 Å². The van der Waals surface area contributed by atoms with Gasteiger partial charge in [0.05, 0.1) is 4.92 Å². The summed E-state index contributed by atoms with van der Waals surface area (Å²) in [6.07, 6.45) is 0. The molecule has 4 nitrogen and oxygen atoms in total. The first-order valence-corrected chi connectivity index (χ1v) is 3.15. The molecule has 0 N–H and O–H groups in total. The fourth-order valence-corrected chi connectivity index (χ4v) is 0.823. The van der Waals surface area contributed by atoms with Gasteiger partial charge in [-0.1, -0.05) is 6.07 Å². The second-order valence-electron chi connectivity index (χ2n) is 2.22. The molecule has 1 aromatic carbocycles. The molecule has 1 aromatic rings. The highest BCUT2D eigenvalue weighted by Crippen LogP contribution is 2.18. The van der Waals surface area contributed by atoms with E-state index < -0.39 is 4.92 Å². The van der Waals surface area contributed by atoms with Crippen LogP contribution in [-0.4, -0.2) is 4.92 Å². The van der Waals surface area contributed by atoms with Gasteiger partial charge in [0.1, 0.15) is 11.6 Å². The molecule has 0 spiro atoms. The summed E-state index contributed by atoms with van der Waals surface area (Å²) in [5.74, 6) is 0. The summed E-state index contributed by atoms with van der Waals surface area (Å²) in [5, 5.41) is 18.8. The van der Waals surface area contributed by atoms with E-state index in [9.17, 15) is 10.1 Å². The molecule has 0 atom stereocenters. The fourth-order valence-electron chi connectivity index (χ4n) is 0.823. The summed E-state index contributed by atoms with van der Waals surface area (Å²) in [7, 11) is 0. The summed E-state index contributed by atoms with van der Waals surface area (Å²) in [4.78, 5) is 9.77. The normalized spacial score (nSPS) is 9.00. The van der Waals surface area contributed by atoms with Crippen molar-refractivity contribution in [1.29, 1.82) is 5.26 Å². The molecular formula is C8H5N2O2. The van der Waals surface area contributed by atoms with Crippen molar-refractivity contribution in [3.63, 3.8) is 0 Å². The first kappa shape index (κ1) is 8.21. The molecule has 0 aliphatic heterocycles. The second kappa shape index (κ2) is 3.01. The summed E-state index contributed by atoms with van der Waals surface area (Å²) in [5.41, 5.74) is 0.401. The number of nitro groups is 1. The number of nitro benzene ring substituents is 1. The number of hydrogen-bond donors (Lipinski definition) is 0. The summed E-state index contributed by atoms with van der Waals surface area (Å²) >= 11 is 0. The monoisotopic (exact) mass is 161 g/mol. The van der Waals surface area contributed by atoms with Crippen LogP contribution in [0.15, 0.2) is 18.2 Å². The molecule has 59 valence electrons. The summed E-state index contributed by atoms with van der Waals surface area (Å²) in [6, 6.07) is 5.96. The maximum absolute atomic E-state index is 10.4. The Morgan fingerprint density at radius 2 is 2.25 bits per heavy atom. The Kier molecular flexibility index (Phi) is 2.06. The highest BCUT2D eigenvalue weighted by molar-refractivity contribution is 5.50. The molecule has 1 rings (SSSR count). The zero-order valence-corrected chi connectivity index (χ0v) is 6.15. The molecule has 0 bridgehead atoms. The molecular weight excluding hydrogens is 156 g/mol. The predicted octanol–water partition coefficient (Wildman–Crippen LogP) is 1.65. The van der Waals surface area contributed by atoms with Crippen molar-refractivity contribution in [3.05, 3.63) is 46.4 Å². The molecule has 4 heteroatoms. The third kappa shape index (κ3) is 1.40. The molecule has 0 heterocycles. The summed E-state index contributed by atoms with van der Waals surface area (Å²) < 4.78 is 0. The average molecular weight is 161 g/mol. The number of rotatable bonds is 1. The predicted molar refractivity (Wildman–Crippen MR) is 42.3 cm³/mol. The van der Waals surface area contributed by atoms with Crippen LogP contribution in [0.5, 0.6) is 0 Å². The Morgan fingerprint density at radius 1 is 1.58 bits per heavy atom. The molecule has 0 saturated heterocycles. The number of benzene rings is 1. The van der Waals surface area contributed by atoms with E-state index >= 15 is 0 Å². The van der Waals surface area contributed by atoms with Crippen LogP contribution in [0.3, 0.4) is 0 Å². The van der Waals surface area contributed by atoms with Crippen LogP contribution in [0.25, 0.3) is 0 Å². The van der Waals surface area contributed by atoms with Gasteiger partial charge < -0.3 is 0 Å². The minimum atomic E-state index is -0.590. The van der Waals surface area contributed by atoms with Gasteiger partial charge in [-0.3, -0.25) is 10.1 Å². The van der Waals surface area contributed by atoms with Crippen molar-refractivity contribution in [2.24, 2.45) is 0 Å². The van der Waals surface area contributed by atoms with Crippen LogP contribution in [0, 0.1) is 28.4 Å². The molecule has 0 saturated carbocycles. The Hall–Kier alpha value is -1.89. The van der Waals surface area contributed by atoms with Gasteiger partial charge in [0.2, 0.25) is 0 Å². The van der Waals surface area contributed by atoms with Crippen LogP contribution in [0.2, 0.25) is 0 Å². The van der Waals surface area contributed by atoms with E-state index in [1.807, 2.05) is 0 Å². The lowest BCUT2D eigenvalue weighted by molar-refractivity contribution is -0.385. The molecule has 0 aromatic heterocycles. The van der Waals surface area contributed by atoms with Crippen molar-refractivity contribution >= 4 is 5.69 Å². The van der Waals surface area contributed by atoms with E-state index in [-0.39, 0.29) is 11.3 Å². The van der Waals surface area contributed by atoms with Gasteiger partial charge in [-0.15, -0.1) is 0 Å². The lowest BCUT2D eigenvalue weighted by atomic mass is 10.1. The van der Waals surface area contributed by atoms with Gasteiger partial charge in [-0.05, 0) is 18.6 Å². The highest BCUT2D eigenvalue weighted by Gasteiger charge is 2.12. The van der Waals surface area contributed by atoms with E-state index in [1.165, 1.54) is 12.1 Å². The fraction of sp³-hybridized carbons (Fsp3) is 0. The van der Waals surface area contributed by atoms with E-state index in [0.29, 0.717) is 5.56 Å². The first-order chi connectivity index (χ1) is 5.65. The van der Waals surface area contributed by atoms with Crippen LogP contribution < -0.4 is 0 Å². The molecule has 1 radical (unpaired) electrons. The third-order valence-corrected chi connectivity index (χ3v) is 1.38. The highest BCUT2D eigenvalue weighted by atomic mass is 16.6. The van der Waals surface area contributed by atoms with Crippen molar-refractivity contribution in [2.75, 3.05) is 0 Å². The largest absolute Gasteiger partial charge is 0.287 e. The van der Waals surface area contributed by atoms with Crippen molar-refractivity contribution in [3.8, 4) is 6.07 Å². The van der Waals surface area contributed by atoms with Crippen LogP contribution in [0.1, 0.15) is 11.1 Å². The third-order valence-electron chi connectivity index (χ3n) is 1.38. The maximum Gasteiger partial charge on any atom is 0.287 e. The van der Waals surface area contributed by atoms with Crippen molar-refractivity contribution in [2.45, 2.75) is 0 Å². The van der Waals surface area contributed by atoms with E-state index in [1.54, 1.807) is 12.1 Å². The Bertz CT molecular complexity index is 366.